The van der Waals surface area contributed by atoms with Crippen molar-refractivity contribution in [2.45, 2.75) is 32.1 Å². The van der Waals surface area contributed by atoms with Crippen LogP contribution < -0.4 is 10.2 Å². The van der Waals surface area contributed by atoms with Crippen molar-refractivity contribution in [3.63, 3.8) is 0 Å². The maximum Gasteiger partial charge on any atom is 0.305 e. The number of pyridine rings is 1. The van der Waals surface area contributed by atoms with Gasteiger partial charge in [0.2, 0.25) is 5.91 Å². The number of carbonyl (C=O) groups is 2. The zero-order valence-corrected chi connectivity index (χ0v) is 17.5. The number of likely N-dealkylation sites (tertiary alicyclic amines) is 1. The molecule has 9 nitrogen and oxygen atoms in total. The number of carbonyl (C=O) groups excluding carboxylic acids is 1. The van der Waals surface area contributed by atoms with Gasteiger partial charge in [-0.15, -0.1) is 0 Å². The molecule has 9 heteroatoms. The third kappa shape index (κ3) is 5.28. The van der Waals surface area contributed by atoms with E-state index < -0.39 is 5.97 Å². The average Bonchev–Trinajstić information content (AvgIpc) is 3.34. The minimum absolute atomic E-state index is 0.00224. The Morgan fingerprint density at radius 3 is 2.55 bits per heavy atom. The van der Waals surface area contributed by atoms with Crippen LogP contribution in [0.5, 0.6) is 0 Å². The van der Waals surface area contributed by atoms with Crippen LogP contribution in [0.3, 0.4) is 0 Å². The van der Waals surface area contributed by atoms with Gasteiger partial charge < -0.3 is 20.2 Å². The molecular weight excluding hydrogens is 396 g/mol. The molecule has 4 rings (SSSR count). The summed E-state index contributed by atoms with van der Waals surface area (Å²) in [7, 11) is 0. The number of nitrogens with zero attached hydrogens (tertiary/aromatic N) is 5. The molecule has 0 saturated carbocycles. The topological polar surface area (TPSA) is 112 Å². The van der Waals surface area contributed by atoms with Crippen LogP contribution in [0.2, 0.25) is 0 Å². The summed E-state index contributed by atoms with van der Waals surface area (Å²) in [5.41, 5.74) is 0.657. The molecule has 0 atom stereocenters. The SMILES string of the molecule is O=C(O)CCNc1cc(N2CCC(C(=O)N3CCCC3)CC2)nc(-c2ccccn2)n1. The van der Waals surface area contributed by atoms with Gasteiger partial charge in [-0.3, -0.25) is 14.6 Å². The molecule has 0 unspecified atom stereocenters. The Morgan fingerprint density at radius 2 is 1.87 bits per heavy atom. The second kappa shape index (κ2) is 9.72. The Balaban J connectivity index is 1.48. The lowest BCUT2D eigenvalue weighted by molar-refractivity contribution is -0.137. The van der Waals surface area contributed by atoms with Crippen LogP contribution in [0.1, 0.15) is 32.1 Å². The van der Waals surface area contributed by atoms with E-state index in [1.807, 2.05) is 29.2 Å². The number of hydrogen-bond acceptors (Lipinski definition) is 7. The van der Waals surface area contributed by atoms with Crippen molar-refractivity contribution in [3.8, 4) is 11.5 Å². The second-order valence-corrected chi connectivity index (χ2v) is 8.01. The van der Waals surface area contributed by atoms with Gasteiger partial charge in [-0.1, -0.05) is 6.07 Å². The highest BCUT2D eigenvalue weighted by Gasteiger charge is 2.30. The number of carboxylic acid groups (broad SMARTS) is 1. The number of nitrogens with one attached hydrogen (secondary N) is 1. The van der Waals surface area contributed by atoms with Crippen molar-refractivity contribution in [3.05, 3.63) is 30.5 Å². The quantitative estimate of drug-likeness (QED) is 0.696. The number of amides is 1. The molecule has 0 bridgehead atoms. The van der Waals surface area contributed by atoms with Crippen LogP contribution in [0, 0.1) is 5.92 Å². The molecule has 2 aromatic heterocycles. The first kappa shape index (κ1) is 21.0. The van der Waals surface area contributed by atoms with E-state index in [2.05, 4.69) is 20.2 Å². The zero-order valence-electron chi connectivity index (χ0n) is 17.5. The summed E-state index contributed by atoms with van der Waals surface area (Å²) in [4.78, 5) is 41.3. The normalized spacial score (nSPS) is 17.0. The summed E-state index contributed by atoms with van der Waals surface area (Å²) in [5.74, 6) is 1.34. The summed E-state index contributed by atoms with van der Waals surface area (Å²) in [6, 6.07) is 7.41. The average molecular weight is 425 g/mol. The molecule has 2 aliphatic rings. The van der Waals surface area contributed by atoms with Gasteiger partial charge in [-0.2, -0.15) is 0 Å². The van der Waals surface area contributed by atoms with Crippen molar-refractivity contribution < 1.29 is 14.7 Å². The molecule has 4 heterocycles. The van der Waals surface area contributed by atoms with E-state index in [0.29, 0.717) is 23.2 Å². The Kier molecular flexibility index (Phi) is 6.59. The van der Waals surface area contributed by atoms with Gasteiger partial charge >= 0.3 is 5.97 Å². The van der Waals surface area contributed by atoms with Gasteiger partial charge in [0.25, 0.3) is 0 Å². The Hall–Kier alpha value is -3.23. The summed E-state index contributed by atoms with van der Waals surface area (Å²) in [6.45, 7) is 3.56. The third-order valence-electron chi connectivity index (χ3n) is 5.84. The predicted octanol–water partition coefficient (Wildman–Crippen LogP) is 2.26. The number of aliphatic carboxylic acids is 1. The predicted molar refractivity (Wildman–Crippen MR) is 117 cm³/mol. The Bertz CT molecular complexity index is 909. The van der Waals surface area contributed by atoms with Gasteiger partial charge in [0, 0.05) is 50.9 Å². The lowest BCUT2D eigenvalue weighted by atomic mass is 9.95. The molecule has 31 heavy (non-hydrogen) atoms. The summed E-state index contributed by atoms with van der Waals surface area (Å²) >= 11 is 0. The van der Waals surface area contributed by atoms with E-state index in [1.165, 1.54) is 0 Å². The highest BCUT2D eigenvalue weighted by molar-refractivity contribution is 5.79. The largest absolute Gasteiger partial charge is 0.481 e. The molecular formula is C22H28N6O3. The minimum Gasteiger partial charge on any atom is -0.481 e. The minimum atomic E-state index is -0.864. The number of aromatic nitrogens is 3. The van der Waals surface area contributed by atoms with Crippen molar-refractivity contribution in [2.75, 3.05) is 42.9 Å². The molecule has 1 amide bonds. The Morgan fingerprint density at radius 1 is 1.10 bits per heavy atom. The standard InChI is InChI=1S/C22H28N6O3/c29-20(30)6-10-24-18-15-19(26-21(25-18)17-5-1-2-9-23-17)27-13-7-16(8-14-27)22(31)28-11-3-4-12-28/h1-2,5,9,15-16H,3-4,6-8,10-14H2,(H,29,30)(H,24,25,26). The number of piperidine rings is 1. The van der Waals surface area contributed by atoms with Crippen molar-refractivity contribution in [1.82, 2.24) is 19.9 Å². The molecule has 0 aliphatic carbocycles. The van der Waals surface area contributed by atoms with Gasteiger partial charge in [-0.05, 0) is 37.8 Å². The monoisotopic (exact) mass is 424 g/mol. The molecule has 0 spiro atoms. The third-order valence-corrected chi connectivity index (χ3v) is 5.84. The summed E-state index contributed by atoms with van der Waals surface area (Å²) < 4.78 is 0. The molecule has 0 radical (unpaired) electrons. The number of anilines is 2. The number of hydrogen-bond donors (Lipinski definition) is 2. The van der Waals surface area contributed by atoms with Crippen molar-refractivity contribution in [1.29, 1.82) is 0 Å². The maximum atomic E-state index is 12.7. The highest BCUT2D eigenvalue weighted by atomic mass is 16.4. The van der Waals surface area contributed by atoms with E-state index in [4.69, 9.17) is 10.1 Å². The summed E-state index contributed by atoms with van der Waals surface area (Å²) in [5, 5.41) is 12.0. The van der Waals surface area contributed by atoms with Gasteiger partial charge in [0.05, 0.1) is 6.42 Å². The van der Waals surface area contributed by atoms with Crippen LogP contribution in [0.25, 0.3) is 11.5 Å². The van der Waals surface area contributed by atoms with E-state index in [9.17, 15) is 9.59 Å². The number of carboxylic acids is 1. The van der Waals surface area contributed by atoms with Crippen LogP contribution in [0.4, 0.5) is 11.6 Å². The van der Waals surface area contributed by atoms with Gasteiger partial charge in [0.15, 0.2) is 5.82 Å². The van der Waals surface area contributed by atoms with E-state index in [0.717, 1.165) is 57.7 Å². The smallest absolute Gasteiger partial charge is 0.305 e. The second-order valence-electron chi connectivity index (χ2n) is 8.01. The summed E-state index contributed by atoms with van der Waals surface area (Å²) in [6.07, 6.45) is 5.53. The molecule has 2 fully saturated rings. The van der Waals surface area contributed by atoms with E-state index >= 15 is 0 Å². The first-order chi connectivity index (χ1) is 15.1. The fourth-order valence-corrected chi connectivity index (χ4v) is 4.15. The van der Waals surface area contributed by atoms with E-state index in [1.54, 1.807) is 6.20 Å². The molecule has 2 aromatic rings. The van der Waals surface area contributed by atoms with Crippen LogP contribution in [-0.2, 0) is 9.59 Å². The molecule has 2 aliphatic heterocycles. The van der Waals surface area contributed by atoms with Gasteiger partial charge in [0.1, 0.15) is 17.3 Å². The first-order valence-electron chi connectivity index (χ1n) is 10.9. The van der Waals surface area contributed by atoms with Crippen LogP contribution >= 0.6 is 0 Å². The lowest BCUT2D eigenvalue weighted by Gasteiger charge is -2.34. The zero-order chi connectivity index (χ0) is 21.6. The fraction of sp³-hybridized carbons (Fsp3) is 0.500. The van der Waals surface area contributed by atoms with Crippen molar-refractivity contribution in [2.24, 2.45) is 5.92 Å². The number of rotatable bonds is 7. The molecule has 2 saturated heterocycles. The Labute approximate surface area is 181 Å². The highest BCUT2D eigenvalue weighted by Crippen LogP contribution is 2.27. The van der Waals surface area contributed by atoms with Crippen LogP contribution in [0.15, 0.2) is 30.5 Å². The maximum absolute atomic E-state index is 12.7. The van der Waals surface area contributed by atoms with Crippen molar-refractivity contribution >= 4 is 23.5 Å². The van der Waals surface area contributed by atoms with Gasteiger partial charge in [-0.25, -0.2) is 9.97 Å². The molecule has 0 aromatic carbocycles. The molecule has 164 valence electrons. The lowest BCUT2D eigenvalue weighted by Crippen LogP contribution is -2.42. The van der Waals surface area contributed by atoms with Crippen LogP contribution in [-0.4, -0.2) is 69.6 Å². The first-order valence-corrected chi connectivity index (χ1v) is 10.9. The van der Waals surface area contributed by atoms with E-state index in [-0.39, 0.29) is 18.9 Å². The molecule has 2 N–H and O–H groups in total. The fourth-order valence-electron chi connectivity index (χ4n) is 4.15.